The molecule has 0 aliphatic carbocycles. The van der Waals surface area contributed by atoms with Crippen molar-refractivity contribution in [1.82, 2.24) is 14.9 Å². The van der Waals surface area contributed by atoms with Crippen LogP contribution in [0.5, 0.6) is 0 Å². The summed E-state index contributed by atoms with van der Waals surface area (Å²) in [4.78, 5) is 11.3. The fourth-order valence-electron chi connectivity index (χ4n) is 3.02. The molecule has 3 saturated heterocycles. The molecule has 2 bridgehead atoms. The van der Waals surface area contributed by atoms with Gasteiger partial charge in [-0.25, -0.2) is 4.98 Å². The fraction of sp³-hybridized carbons (Fsp3) is 0.692. The number of aromatic nitrogens is 2. The van der Waals surface area contributed by atoms with E-state index in [-0.39, 0.29) is 0 Å². The maximum absolute atomic E-state index is 4.54. The van der Waals surface area contributed by atoms with Gasteiger partial charge in [0.1, 0.15) is 11.6 Å². The van der Waals surface area contributed by atoms with Gasteiger partial charge in [-0.1, -0.05) is 0 Å². The molecule has 0 aromatic carbocycles. The zero-order chi connectivity index (χ0) is 12.4. The van der Waals surface area contributed by atoms with E-state index in [1.807, 2.05) is 6.20 Å². The molecule has 5 nitrogen and oxygen atoms in total. The average Bonchev–Trinajstić information content (AvgIpc) is 2.41. The number of fused-ring (bicyclic) bond motifs is 3. The van der Waals surface area contributed by atoms with Crippen LogP contribution in [0.2, 0.25) is 0 Å². The predicted octanol–water partition coefficient (Wildman–Crippen LogP) is 1.41. The number of hydrogen-bond donors (Lipinski definition) is 2. The molecular formula is C13H21N5. The number of rotatable bonds is 4. The van der Waals surface area contributed by atoms with Crippen LogP contribution in [0.3, 0.4) is 0 Å². The molecule has 0 amide bonds. The van der Waals surface area contributed by atoms with Crippen molar-refractivity contribution in [2.24, 2.45) is 5.92 Å². The summed E-state index contributed by atoms with van der Waals surface area (Å²) >= 11 is 0. The molecule has 18 heavy (non-hydrogen) atoms. The second-order valence-corrected chi connectivity index (χ2v) is 5.21. The zero-order valence-electron chi connectivity index (χ0n) is 10.9. The van der Waals surface area contributed by atoms with Gasteiger partial charge in [-0.05, 0) is 38.8 Å². The first kappa shape index (κ1) is 11.7. The van der Waals surface area contributed by atoms with Crippen molar-refractivity contribution in [2.45, 2.75) is 25.8 Å². The number of piperidine rings is 3. The van der Waals surface area contributed by atoms with Gasteiger partial charge in [-0.15, -0.1) is 0 Å². The third-order valence-corrected chi connectivity index (χ3v) is 3.98. The van der Waals surface area contributed by atoms with E-state index in [0.717, 1.165) is 30.6 Å². The van der Waals surface area contributed by atoms with Gasteiger partial charge in [0, 0.05) is 19.1 Å². The van der Waals surface area contributed by atoms with Gasteiger partial charge in [0.2, 0.25) is 0 Å². The SMILES string of the molecule is CCNc1cncc(NC2CN3CCC2CC3)n1. The first-order valence-corrected chi connectivity index (χ1v) is 6.90. The van der Waals surface area contributed by atoms with Crippen LogP contribution in [0.1, 0.15) is 19.8 Å². The molecule has 4 rings (SSSR count). The maximum Gasteiger partial charge on any atom is 0.147 e. The Morgan fingerprint density at radius 2 is 2.06 bits per heavy atom. The predicted molar refractivity (Wildman–Crippen MR) is 72.8 cm³/mol. The molecule has 1 unspecified atom stereocenters. The van der Waals surface area contributed by atoms with E-state index in [0.29, 0.717) is 6.04 Å². The van der Waals surface area contributed by atoms with Crippen molar-refractivity contribution < 1.29 is 0 Å². The Hall–Kier alpha value is -1.36. The van der Waals surface area contributed by atoms with Crippen molar-refractivity contribution in [1.29, 1.82) is 0 Å². The monoisotopic (exact) mass is 247 g/mol. The summed E-state index contributed by atoms with van der Waals surface area (Å²) in [6, 6.07) is 0.540. The first-order valence-electron chi connectivity index (χ1n) is 6.90. The minimum atomic E-state index is 0.540. The molecule has 0 radical (unpaired) electrons. The molecule has 0 saturated carbocycles. The quantitative estimate of drug-likeness (QED) is 0.842. The van der Waals surface area contributed by atoms with E-state index in [1.165, 1.54) is 25.9 Å². The molecule has 3 aliphatic rings. The molecule has 5 heteroatoms. The van der Waals surface area contributed by atoms with Gasteiger partial charge < -0.3 is 15.5 Å². The van der Waals surface area contributed by atoms with Crippen molar-refractivity contribution in [2.75, 3.05) is 36.8 Å². The number of nitrogens with zero attached hydrogens (tertiary/aromatic N) is 3. The third-order valence-electron chi connectivity index (χ3n) is 3.98. The highest BCUT2D eigenvalue weighted by molar-refractivity contribution is 5.42. The number of hydrogen-bond acceptors (Lipinski definition) is 5. The lowest BCUT2D eigenvalue weighted by Gasteiger charge is -2.45. The van der Waals surface area contributed by atoms with Crippen molar-refractivity contribution in [3.05, 3.63) is 12.4 Å². The smallest absolute Gasteiger partial charge is 0.147 e. The summed E-state index contributed by atoms with van der Waals surface area (Å²) < 4.78 is 0. The second-order valence-electron chi connectivity index (χ2n) is 5.21. The van der Waals surface area contributed by atoms with Crippen LogP contribution in [-0.2, 0) is 0 Å². The highest BCUT2D eigenvalue weighted by atomic mass is 15.2. The van der Waals surface area contributed by atoms with Crippen LogP contribution in [-0.4, -0.2) is 47.1 Å². The Labute approximate surface area is 108 Å². The molecule has 2 N–H and O–H groups in total. The van der Waals surface area contributed by atoms with Crippen LogP contribution in [0.25, 0.3) is 0 Å². The Balaban J connectivity index is 1.67. The molecule has 98 valence electrons. The molecule has 1 aromatic heterocycles. The molecular weight excluding hydrogens is 226 g/mol. The number of nitrogens with one attached hydrogen (secondary N) is 2. The first-order chi connectivity index (χ1) is 8.85. The second kappa shape index (κ2) is 5.10. The van der Waals surface area contributed by atoms with Crippen LogP contribution in [0.4, 0.5) is 11.6 Å². The fourth-order valence-corrected chi connectivity index (χ4v) is 3.02. The van der Waals surface area contributed by atoms with E-state index in [4.69, 9.17) is 0 Å². The summed E-state index contributed by atoms with van der Waals surface area (Å²) in [5.74, 6) is 2.55. The summed E-state index contributed by atoms with van der Waals surface area (Å²) in [5, 5.41) is 6.75. The van der Waals surface area contributed by atoms with Gasteiger partial charge in [-0.2, -0.15) is 0 Å². The van der Waals surface area contributed by atoms with E-state index in [1.54, 1.807) is 6.20 Å². The summed E-state index contributed by atoms with van der Waals surface area (Å²) in [6.07, 6.45) is 6.22. The highest BCUT2D eigenvalue weighted by Gasteiger charge is 2.34. The summed E-state index contributed by atoms with van der Waals surface area (Å²) in [5.41, 5.74) is 0. The van der Waals surface area contributed by atoms with E-state index in [2.05, 4.69) is 32.4 Å². The molecule has 1 atom stereocenters. The zero-order valence-corrected chi connectivity index (χ0v) is 10.9. The van der Waals surface area contributed by atoms with Crippen molar-refractivity contribution >= 4 is 11.6 Å². The molecule has 3 aliphatic heterocycles. The van der Waals surface area contributed by atoms with E-state index in [9.17, 15) is 0 Å². The molecule has 1 aromatic rings. The van der Waals surface area contributed by atoms with Crippen LogP contribution >= 0.6 is 0 Å². The standard InChI is InChI=1S/C13H21N5/c1-2-15-12-7-14-8-13(17-12)16-11-9-18-5-3-10(11)4-6-18/h7-8,10-11H,2-6,9H2,1H3,(H2,15,16,17). The Morgan fingerprint density at radius 3 is 2.72 bits per heavy atom. The normalized spacial score (nSPS) is 30.2. The van der Waals surface area contributed by atoms with Gasteiger partial charge in [0.05, 0.1) is 12.4 Å². The van der Waals surface area contributed by atoms with Crippen LogP contribution < -0.4 is 10.6 Å². The highest BCUT2D eigenvalue weighted by Crippen LogP contribution is 2.29. The van der Waals surface area contributed by atoms with Gasteiger partial charge in [0.15, 0.2) is 0 Å². The Bertz CT molecular complexity index is 400. The van der Waals surface area contributed by atoms with Gasteiger partial charge >= 0.3 is 0 Å². The minimum Gasteiger partial charge on any atom is -0.369 e. The topological polar surface area (TPSA) is 53.1 Å². The average molecular weight is 247 g/mol. The Morgan fingerprint density at radius 1 is 1.28 bits per heavy atom. The number of anilines is 2. The van der Waals surface area contributed by atoms with Crippen LogP contribution in [0.15, 0.2) is 12.4 Å². The van der Waals surface area contributed by atoms with E-state index < -0.39 is 0 Å². The molecule has 4 heterocycles. The van der Waals surface area contributed by atoms with E-state index >= 15 is 0 Å². The van der Waals surface area contributed by atoms with Crippen LogP contribution in [0, 0.1) is 5.92 Å². The largest absolute Gasteiger partial charge is 0.369 e. The van der Waals surface area contributed by atoms with Crippen molar-refractivity contribution in [3.8, 4) is 0 Å². The lowest BCUT2D eigenvalue weighted by molar-refractivity contribution is 0.0974. The van der Waals surface area contributed by atoms with Gasteiger partial charge in [-0.3, -0.25) is 4.98 Å². The maximum atomic E-state index is 4.54. The molecule has 0 spiro atoms. The lowest BCUT2D eigenvalue weighted by atomic mass is 9.84. The lowest BCUT2D eigenvalue weighted by Crippen LogP contribution is -2.53. The molecule has 3 fully saturated rings. The van der Waals surface area contributed by atoms with Crippen molar-refractivity contribution in [3.63, 3.8) is 0 Å². The summed E-state index contributed by atoms with van der Waals surface area (Å²) in [6.45, 7) is 6.63. The summed E-state index contributed by atoms with van der Waals surface area (Å²) in [7, 11) is 0. The minimum absolute atomic E-state index is 0.540. The van der Waals surface area contributed by atoms with Gasteiger partial charge in [0.25, 0.3) is 0 Å². The third kappa shape index (κ3) is 2.41. The Kier molecular flexibility index (Phi) is 3.32.